The predicted octanol–water partition coefficient (Wildman–Crippen LogP) is 4.76. The maximum atomic E-state index is 5.49. The number of hydrogen-bond acceptors (Lipinski definition) is 2. The Morgan fingerprint density at radius 3 is 1.54 bits per heavy atom. The highest BCUT2D eigenvalue weighted by Gasteiger charge is 2.07. The molecule has 2 nitrogen and oxygen atoms in total. The van der Waals surface area contributed by atoms with Crippen LogP contribution in [0.3, 0.4) is 0 Å². The van der Waals surface area contributed by atoms with Gasteiger partial charge in [-0.2, -0.15) is 0 Å². The van der Waals surface area contributed by atoms with Gasteiger partial charge in [0, 0.05) is 11.1 Å². The Bertz CT molecular complexity index is 702. The molecular formula is C22H24O2. The summed E-state index contributed by atoms with van der Waals surface area (Å²) in [5.41, 5.74) is 4.61. The largest absolute Gasteiger partial charge is 0.496 e. The molecule has 2 heteroatoms. The Balaban J connectivity index is 1.98. The predicted molar refractivity (Wildman–Crippen MR) is 97.8 cm³/mol. The summed E-state index contributed by atoms with van der Waals surface area (Å²) < 4.78 is 11.0. The molecule has 0 unspecified atom stereocenters. The van der Waals surface area contributed by atoms with Crippen LogP contribution in [0.1, 0.15) is 47.9 Å². The van der Waals surface area contributed by atoms with Crippen LogP contribution >= 0.6 is 0 Å². The second kappa shape index (κ2) is 7.93. The summed E-state index contributed by atoms with van der Waals surface area (Å²) in [6.45, 7) is 0. The molecule has 4 bridgehead atoms. The van der Waals surface area contributed by atoms with Crippen LogP contribution < -0.4 is 9.47 Å². The van der Waals surface area contributed by atoms with Crippen LogP contribution in [-0.4, -0.2) is 14.2 Å². The Labute approximate surface area is 144 Å². The molecule has 0 amide bonds. The normalized spacial score (nSPS) is 14.1. The van der Waals surface area contributed by atoms with Crippen molar-refractivity contribution in [2.45, 2.75) is 38.5 Å². The lowest BCUT2D eigenvalue weighted by molar-refractivity contribution is 0.407. The van der Waals surface area contributed by atoms with Gasteiger partial charge in [-0.25, -0.2) is 0 Å². The minimum Gasteiger partial charge on any atom is -0.496 e. The van der Waals surface area contributed by atoms with E-state index in [-0.39, 0.29) is 0 Å². The zero-order valence-electron chi connectivity index (χ0n) is 14.5. The van der Waals surface area contributed by atoms with Gasteiger partial charge in [-0.05, 0) is 73.2 Å². The number of hydrogen-bond donors (Lipinski definition) is 0. The smallest absolute Gasteiger partial charge is 0.122 e. The first-order valence-corrected chi connectivity index (χ1v) is 8.66. The maximum absolute atomic E-state index is 5.49. The minimum atomic E-state index is 0.972. The molecule has 0 saturated carbocycles. The molecular weight excluding hydrogens is 296 g/mol. The van der Waals surface area contributed by atoms with Crippen LogP contribution in [0.25, 0.3) is 0 Å². The van der Waals surface area contributed by atoms with Gasteiger partial charge in [-0.3, -0.25) is 0 Å². The fourth-order valence-electron chi connectivity index (χ4n) is 3.23. The van der Waals surface area contributed by atoms with Crippen molar-refractivity contribution in [2.24, 2.45) is 0 Å². The van der Waals surface area contributed by atoms with Gasteiger partial charge in [0.05, 0.1) is 14.2 Å². The standard InChI is InChI=1S/C22H24O2/c1-23-21-13-11-17-9-10-18-12-14-22(24-2)20(16-18)8-6-4-3-5-7-19(21)15-17/h11-16H,3-8H2,1-2H3. The third-order valence-corrected chi connectivity index (χ3v) is 4.55. The first kappa shape index (κ1) is 16.5. The van der Waals surface area contributed by atoms with Crippen molar-refractivity contribution in [1.29, 1.82) is 0 Å². The molecule has 124 valence electrons. The third-order valence-electron chi connectivity index (χ3n) is 4.55. The summed E-state index contributed by atoms with van der Waals surface area (Å²) in [7, 11) is 3.48. The highest BCUT2D eigenvalue weighted by atomic mass is 16.5. The zero-order chi connectivity index (χ0) is 16.8. The Morgan fingerprint density at radius 2 is 1.12 bits per heavy atom. The summed E-state index contributed by atoms with van der Waals surface area (Å²) in [4.78, 5) is 0. The Hall–Kier alpha value is -2.40. The quantitative estimate of drug-likeness (QED) is 0.743. The molecule has 0 fully saturated rings. The summed E-state index contributed by atoms with van der Waals surface area (Å²) in [5, 5.41) is 0. The van der Waals surface area contributed by atoms with E-state index in [1.165, 1.54) is 36.8 Å². The highest BCUT2D eigenvalue weighted by molar-refractivity contribution is 5.50. The molecule has 1 aliphatic carbocycles. The van der Waals surface area contributed by atoms with Gasteiger partial charge in [0.2, 0.25) is 0 Å². The summed E-state index contributed by atoms with van der Waals surface area (Å²) >= 11 is 0. The molecule has 0 aliphatic heterocycles. The molecule has 0 aromatic heterocycles. The van der Waals surface area contributed by atoms with Gasteiger partial charge in [0.25, 0.3) is 0 Å². The minimum absolute atomic E-state index is 0.972. The van der Waals surface area contributed by atoms with E-state index in [2.05, 4.69) is 24.0 Å². The SMILES string of the molecule is COc1ccc2cc1CCCCCCc1cc(ccc1OC)C#C2. The second-order valence-corrected chi connectivity index (χ2v) is 6.22. The Morgan fingerprint density at radius 1 is 0.667 bits per heavy atom. The zero-order valence-corrected chi connectivity index (χ0v) is 14.5. The molecule has 0 radical (unpaired) electrons. The first-order chi connectivity index (χ1) is 11.8. The van der Waals surface area contributed by atoms with Gasteiger partial charge in [-0.15, -0.1) is 0 Å². The van der Waals surface area contributed by atoms with E-state index in [9.17, 15) is 0 Å². The van der Waals surface area contributed by atoms with Gasteiger partial charge in [0.1, 0.15) is 11.5 Å². The van der Waals surface area contributed by atoms with Crippen molar-refractivity contribution in [2.75, 3.05) is 14.2 Å². The van der Waals surface area contributed by atoms with E-state index >= 15 is 0 Å². The van der Waals surface area contributed by atoms with Crippen LogP contribution in [0.5, 0.6) is 11.5 Å². The average molecular weight is 320 g/mol. The van der Waals surface area contributed by atoms with Crippen molar-refractivity contribution in [3.8, 4) is 23.3 Å². The van der Waals surface area contributed by atoms with Crippen LogP contribution in [0.2, 0.25) is 0 Å². The number of aryl methyl sites for hydroxylation is 2. The van der Waals surface area contributed by atoms with E-state index in [1.807, 2.05) is 24.3 Å². The fraction of sp³-hybridized carbons (Fsp3) is 0.364. The van der Waals surface area contributed by atoms with Crippen molar-refractivity contribution in [1.82, 2.24) is 0 Å². The van der Waals surface area contributed by atoms with Gasteiger partial charge >= 0.3 is 0 Å². The van der Waals surface area contributed by atoms with E-state index < -0.39 is 0 Å². The van der Waals surface area contributed by atoms with Crippen LogP contribution in [-0.2, 0) is 12.8 Å². The average Bonchev–Trinajstić information content (AvgIpc) is 2.62. The van der Waals surface area contributed by atoms with Crippen molar-refractivity contribution in [3.05, 3.63) is 58.7 Å². The van der Waals surface area contributed by atoms with E-state index in [4.69, 9.17) is 9.47 Å². The third kappa shape index (κ3) is 3.92. The molecule has 0 N–H and O–H groups in total. The lowest BCUT2D eigenvalue weighted by Gasteiger charge is -2.11. The number of rotatable bonds is 2. The second-order valence-electron chi connectivity index (χ2n) is 6.22. The molecule has 24 heavy (non-hydrogen) atoms. The molecule has 2 aromatic rings. The topological polar surface area (TPSA) is 18.5 Å². The van der Waals surface area contributed by atoms with E-state index in [1.54, 1.807) is 14.2 Å². The van der Waals surface area contributed by atoms with Gasteiger partial charge in [0.15, 0.2) is 0 Å². The summed E-state index contributed by atoms with van der Waals surface area (Å²) in [5.74, 6) is 8.52. The van der Waals surface area contributed by atoms with E-state index in [0.29, 0.717) is 0 Å². The monoisotopic (exact) mass is 320 g/mol. The van der Waals surface area contributed by atoms with Gasteiger partial charge < -0.3 is 9.47 Å². The molecule has 0 heterocycles. The fourth-order valence-corrected chi connectivity index (χ4v) is 3.23. The highest BCUT2D eigenvalue weighted by Crippen LogP contribution is 2.25. The lowest BCUT2D eigenvalue weighted by atomic mass is 9.99. The summed E-state index contributed by atoms with van der Waals surface area (Å²) in [6.07, 6.45) is 6.94. The van der Waals surface area contributed by atoms with Crippen molar-refractivity contribution in [3.63, 3.8) is 0 Å². The van der Waals surface area contributed by atoms with Crippen molar-refractivity contribution >= 4 is 0 Å². The van der Waals surface area contributed by atoms with Gasteiger partial charge in [-0.1, -0.05) is 24.7 Å². The maximum Gasteiger partial charge on any atom is 0.122 e. The number of ether oxygens (including phenoxy) is 2. The molecule has 1 aliphatic rings. The molecule has 0 saturated heterocycles. The number of methoxy groups -OCH3 is 2. The van der Waals surface area contributed by atoms with Crippen molar-refractivity contribution < 1.29 is 9.47 Å². The number of benzene rings is 2. The van der Waals surface area contributed by atoms with Crippen LogP contribution in [0.15, 0.2) is 36.4 Å². The van der Waals surface area contributed by atoms with Crippen LogP contribution in [0, 0.1) is 11.8 Å². The molecule has 0 spiro atoms. The number of fused-ring (bicyclic) bond motifs is 4. The first-order valence-electron chi connectivity index (χ1n) is 8.66. The summed E-state index contributed by atoms with van der Waals surface area (Å²) in [6, 6.07) is 12.5. The van der Waals surface area contributed by atoms with E-state index in [0.717, 1.165) is 35.5 Å². The molecule has 2 aromatic carbocycles. The van der Waals surface area contributed by atoms with Crippen LogP contribution in [0.4, 0.5) is 0 Å². The Kier molecular flexibility index (Phi) is 5.43. The lowest BCUT2D eigenvalue weighted by Crippen LogP contribution is -1.96. The molecule has 0 atom stereocenters. The molecule has 3 rings (SSSR count).